The standard InChI is InChI=1S/C23H27Cl2N3O3/c1-14(2)12-16-4-6-17(7-5-16)15(3)23(31)28-27-22(30)11-10-21(29)26-20-9-8-18(24)13-19(20)25/h4-9,13-15H,10-12H2,1-3H3,(H,26,29)(H,27,30)(H,28,31). The van der Waals surface area contributed by atoms with Crippen LogP contribution in [0.15, 0.2) is 42.5 Å². The Bertz CT molecular complexity index is 930. The number of amides is 3. The lowest BCUT2D eigenvalue weighted by Gasteiger charge is -2.14. The maximum absolute atomic E-state index is 12.3. The van der Waals surface area contributed by atoms with Gasteiger partial charge in [-0.2, -0.15) is 0 Å². The number of hydrogen-bond donors (Lipinski definition) is 3. The summed E-state index contributed by atoms with van der Waals surface area (Å²) in [7, 11) is 0. The lowest BCUT2D eigenvalue weighted by molar-refractivity contribution is -0.130. The second-order valence-electron chi connectivity index (χ2n) is 7.77. The highest BCUT2D eigenvalue weighted by atomic mass is 35.5. The van der Waals surface area contributed by atoms with Crippen molar-refractivity contribution < 1.29 is 14.4 Å². The van der Waals surface area contributed by atoms with Crippen LogP contribution in [0, 0.1) is 5.92 Å². The number of hydrogen-bond acceptors (Lipinski definition) is 3. The molecule has 0 heterocycles. The Morgan fingerprint density at radius 3 is 2.13 bits per heavy atom. The predicted molar refractivity (Wildman–Crippen MR) is 124 cm³/mol. The first-order valence-electron chi connectivity index (χ1n) is 10.1. The smallest absolute Gasteiger partial charge is 0.245 e. The van der Waals surface area contributed by atoms with Crippen molar-refractivity contribution in [1.29, 1.82) is 0 Å². The number of halogens is 2. The van der Waals surface area contributed by atoms with Crippen LogP contribution in [-0.2, 0) is 20.8 Å². The zero-order valence-electron chi connectivity index (χ0n) is 17.8. The second kappa shape index (κ2) is 11.7. The van der Waals surface area contributed by atoms with E-state index in [2.05, 4.69) is 30.0 Å². The molecule has 1 unspecified atom stereocenters. The number of rotatable bonds is 8. The van der Waals surface area contributed by atoms with E-state index in [0.717, 1.165) is 12.0 Å². The van der Waals surface area contributed by atoms with E-state index < -0.39 is 11.8 Å². The van der Waals surface area contributed by atoms with Gasteiger partial charge in [-0.1, -0.05) is 61.3 Å². The van der Waals surface area contributed by atoms with Gasteiger partial charge in [0.25, 0.3) is 0 Å². The molecule has 0 saturated heterocycles. The minimum atomic E-state index is -0.467. The summed E-state index contributed by atoms with van der Waals surface area (Å²) in [5, 5.41) is 3.38. The van der Waals surface area contributed by atoms with E-state index in [1.807, 2.05) is 24.3 Å². The van der Waals surface area contributed by atoms with Crippen molar-refractivity contribution in [3.63, 3.8) is 0 Å². The molecule has 6 nitrogen and oxygen atoms in total. The zero-order valence-corrected chi connectivity index (χ0v) is 19.3. The van der Waals surface area contributed by atoms with E-state index in [4.69, 9.17) is 23.2 Å². The van der Waals surface area contributed by atoms with E-state index in [-0.39, 0.29) is 24.7 Å². The highest BCUT2D eigenvalue weighted by Crippen LogP contribution is 2.25. The molecule has 3 amide bonds. The maximum Gasteiger partial charge on any atom is 0.245 e. The molecule has 0 radical (unpaired) electrons. The summed E-state index contributed by atoms with van der Waals surface area (Å²) in [6.45, 7) is 6.08. The van der Waals surface area contributed by atoms with Gasteiger partial charge in [-0.15, -0.1) is 0 Å². The Hall–Kier alpha value is -2.57. The third-order valence-corrected chi connectivity index (χ3v) is 5.17. The van der Waals surface area contributed by atoms with Gasteiger partial charge in [0, 0.05) is 17.9 Å². The number of hydrazine groups is 1. The Labute approximate surface area is 192 Å². The van der Waals surface area contributed by atoms with E-state index in [1.165, 1.54) is 11.6 Å². The minimum absolute atomic E-state index is 0.0620. The molecule has 2 aromatic carbocycles. The number of carbonyl (C=O) groups excluding carboxylic acids is 3. The molecule has 0 aliphatic rings. The predicted octanol–water partition coefficient (Wildman–Crippen LogP) is 4.86. The fraction of sp³-hybridized carbons (Fsp3) is 0.348. The summed E-state index contributed by atoms with van der Waals surface area (Å²) < 4.78 is 0. The molecule has 0 aliphatic heterocycles. The van der Waals surface area contributed by atoms with Crippen molar-refractivity contribution in [3.8, 4) is 0 Å². The van der Waals surface area contributed by atoms with E-state index in [9.17, 15) is 14.4 Å². The van der Waals surface area contributed by atoms with Crippen molar-refractivity contribution in [2.75, 3.05) is 5.32 Å². The van der Waals surface area contributed by atoms with Gasteiger partial charge >= 0.3 is 0 Å². The fourth-order valence-electron chi connectivity index (χ4n) is 2.90. The number of benzene rings is 2. The number of anilines is 1. The third kappa shape index (κ3) is 8.23. The molecular formula is C23H27Cl2N3O3. The second-order valence-corrected chi connectivity index (χ2v) is 8.61. The average molecular weight is 464 g/mol. The molecule has 0 aliphatic carbocycles. The molecule has 0 spiro atoms. The first kappa shape index (κ1) is 24.7. The average Bonchev–Trinajstić information content (AvgIpc) is 2.72. The molecule has 2 rings (SSSR count). The Balaban J connectivity index is 1.75. The van der Waals surface area contributed by atoms with Crippen LogP contribution >= 0.6 is 23.2 Å². The van der Waals surface area contributed by atoms with Gasteiger partial charge in [-0.3, -0.25) is 25.2 Å². The third-order valence-electron chi connectivity index (χ3n) is 4.63. The highest BCUT2D eigenvalue weighted by Gasteiger charge is 2.16. The summed E-state index contributed by atoms with van der Waals surface area (Å²) in [5.74, 6) is -1.04. The van der Waals surface area contributed by atoms with Gasteiger partial charge in [0.15, 0.2) is 0 Å². The van der Waals surface area contributed by atoms with E-state index in [1.54, 1.807) is 19.1 Å². The largest absolute Gasteiger partial charge is 0.325 e. The molecule has 1 atom stereocenters. The van der Waals surface area contributed by atoms with Crippen LogP contribution in [0.2, 0.25) is 10.0 Å². The van der Waals surface area contributed by atoms with Crippen molar-refractivity contribution >= 4 is 46.6 Å². The molecule has 0 saturated carbocycles. The summed E-state index contributed by atoms with van der Waals surface area (Å²) in [5.41, 5.74) is 7.25. The molecule has 8 heteroatoms. The molecule has 3 N–H and O–H groups in total. The lowest BCUT2D eigenvalue weighted by Crippen LogP contribution is -2.43. The number of carbonyl (C=O) groups is 3. The maximum atomic E-state index is 12.3. The first-order chi connectivity index (χ1) is 14.7. The fourth-order valence-corrected chi connectivity index (χ4v) is 3.35. The Kier molecular flexibility index (Phi) is 9.34. The summed E-state index contributed by atoms with van der Waals surface area (Å²) in [4.78, 5) is 36.3. The van der Waals surface area contributed by atoms with Crippen LogP contribution in [0.3, 0.4) is 0 Å². The molecule has 0 fully saturated rings. The summed E-state index contributed by atoms with van der Waals surface area (Å²) >= 11 is 11.8. The quantitative estimate of drug-likeness (QED) is 0.488. The molecule has 2 aromatic rings. The van der Waals surface area contributed by atoms with Crippen molar-refractivity contribution in [1.82, 2.24) is 10.9 Å². The first-order valence-corrected chi connectivity index (χ1v) is 10.8. The summed E-state index contributed by atoms with van der Waals surface area (Å²) in [6, 6.07) is 12.6. The van der Waals surface area contributed by atoms with Crippen molar-refractivity contribution in [2.24, 2.45) is 5.92 Å². The molecule has 0 aromatic heterocycles. The van der Waals surface area contributed by atoms with Gasteiger partial charge in [0.2, 0.25) is 17.7 Å². The zero-order chi connectivity index (χ0) is 23.0. The Morgan fingerprint density at radius 2 is 1.52 bits per heavy atom. The monoisotopic (exact) mass is 463 g/mol. The highest BCUT2D eigenvalue weighted by molar-refractivity contribution is 6.36. The van der Waals surface area contributed by atoms with Crippen molar-refractivity contribution in [2.45, 2.75) is 46.0 Å². The van der Waals surface area contributed by atoms with Crippen LogP contribution < -0.4 is 16.2 Å². The van der Waals surface area contributed by atoms with Crippen LogP contribution in [-0.4, -0.2) is 17.7 Å². The Morgan fingerprint density at radius 1 is 0.871 bits per heavy atom. The topological polar surface area (TPSA) is 87.3 Å². The van der Waals surface area contributed by atoms with E-state index >= 15 is 0 Å². The van der Waals surface area contributed by atoms with Gasteiger partial charge < -0.3 is 5.32 Å². The molecular weight excluding hydrogens is 437 g/mol. The van der Waals surface area contributed by atoms with Gasteiger partial charge in [0.05, 0.1) is 16.6 Å². The van der Waals surface area contributed by atoms with Gasteiger partial charge in [-0.25, -0.2) is 0 Å². The number of nitrogens with one attached hydrogen (secondary N) is 3. The van der Waals surface area contributed by atoms with Crippen LogP contribution in [0.5, 0.6) is 0 Å². The van der Waals surface area contributed by atoms with E-state index in [0.29, 0.717) is 21.7 Å². The minimum Gasteiger partial charge on any atom is -0.325 e. The van der Waals surface area contributed by atoms with Crippen LogP contribution in [0.4, 0.5) is 5.69 Å². The molecule has 0 bridgehead atoms. The van der Waals surface area contributed by atoms with Gasteiger partial charge in [0.1, 0.15) is 0 Å². The SMILES string of the molecule is CC(C)Cc1ccc(C(C)C(=O)NNC(=O)CCC(=O)Nc2ccc(Cl)cc2Cl)cc1. The van der Waals surface area contributed by atoms with Crippen molar-refractivity contribution in [3.05, 3.63) is 63.6 Å². The van der Waals surface area contributed by atoms with Gasteiger partial charge in [-0.05, 0) is 48.6 Å². The normalized spacial score (nSPS) is 11.7. The van der Waals surface area contributed by atoms with Crippen LogP contribution in [0.25, 0.3) is 0 Å². The summed E-state index contributed by atoms with van der Waals surface area (Å²) in [6.07, 6.45) is 0.831. The molecule has 166 valence electrons. The van der Waals surface area contributed by atoms with Crippen LogP contribution in [0.1, 0.15) is 50.7 Å². The molecule has 31 heavy (non-hydrogen) atoms. The lowest BCUT2D eigenvalue weighted by atomic mass is 9.96.